The molecule has 0 radical (unpaired) electrons. The van der Waals surface area contributed by atoms with Crippen LogP contribution in [-0.2, 0) is 20.9 Å². The summed E-state index contributed by atoms with van der Waals surface area (Å²) >= 11 is 6.25. The number of rotatable bonds is 11. The second-order valence-corrected chi connectivity index (χ2v) is 12.7. The highest BCUT2D eigenvalue weighted by molar-refractivity contribution is 6.31. The summed E-state index contributed by atoms with van der Waals surface area (Å²) in [6, 6.07) is 5.33. The number of carbonyl (C=O) groups excluding carboxylic acids is 2. The topological polar surface area (TPSA) is 156 Å². The molecule has 0 saturated carbocycles. The lowest BCUT2D eigenvalue weighted by atomic mass is 9.76. The van der Waals surface area contributed by atoms with Gasteiger partial charge in [-0.2, -0.15) is 19.0 Å². The number of hydrogen-bond donors (Lipinski definition) is 2. The van der Waals surface area contributed by atoms with E-state index < -0.39 is 23.9 Å². The monoisotopic (exact) mass is 700 g/mol. The van der Waals surface area contributed by atoms with Crippen LogP contribution >= 0.6 is 11.6 Å². The van der Waals surface area contributed by atoms with Gasteiger partial charge in [0.05, 0.1) is 30.5 Å². The summed E-state index contributed by atoms with van der Waals surface area (Å²) in [5.41, 5.74) is -0.367. The zero-order valence-corrected chi connectivity index (χ0v) is 27.4. The number of fused-ring (bicyclic) bond motifs is 1. The highest BCUT2D eigenvalue weighted by Gasteiger charge is 2.43. The molecule has 2 aliphatic rings. The maximum absolute atomic E-state index is 13.9. The van der Waals surface area contributed by atoms with Crippen LogP contribution in [0.1, 0.15) is 36.5 Å². The third-order valence-electron chi connectivity index (χ3n) is 8.99. The number of amides is 2. The van der Waals surface area contributed by atoms with Gasteiger partial charge < -0.3 is 24.8 Å². The summed E-state index contributed by atoms with van der Waals surface area (Å²) in [7, 11) is 0. The molecule has 4 aromatic rings. The van der Waals surface area contributed by atoms with Gasteiger partial charge in [0.25, 0.3) is 5.91 Å². The average Bonchev–Trinajstić information content (AvgIpc) is 3.69. The van der Waals surface area contributed by atoms with Gasteiger partial charge in [0.15, 0.2) is 5.65 Å². The Kier molecular flexibility index (Phi) is 10.1. The van der Waals surface area contributed by atoms with Crippen molar-refractivity contribution in [2.75, 3.05) is 44.7 Å². The number of nitrogens with zero attached hydrogens (tertiary/aromatic N) is 7. The SMILES string of the molecule is CC1(C(=O)O)CCN(C(=O)Cn2cc(NC(=O)c3cnn4cccnc34)c(-c3cc(Cl)ccc3OC(F)F)n2)C(CCN2CCOCC2)C1. The molecule has 2 aliphatic heterocycles. The Labute approximate surface area is 284 Å². The fourth-order valence-corrected chi connectivity index (χ4v) is 6.48. The number of nitrogens with one attached hydrogen (secondary N) is 1. The van der Waals surface area contributed by atoms with Crippen molar-refractivity contribution in [1.82, 2.24) is 34.2 Å². The van der Waals surface area contributed by atoms with E-state index >= 15 is 0 Å². The molecule has 1 aromatic carbocycles. The minimum atomic E-state index is -3.16. The number of morpholine rings is 1. The number of anilines is 1. The number of hydrogen-bond acceptors (Lipinski definition) is 9. The lowest BCUT2D eigenvalue weighted by molar-refractivity contribution is -0.156. The fraction of sp³-hybridized carbons (Fsp3) is 0.438. The Morgan fingerprint density at radius 2 is 2.02 bits per heavy atom. The number of aromatic nitrogens is 5. The highest BCUT2D eigenvalue weighted by atomic mass is 35.5. The van der Waals surface area contributed by atoms with E-state index in [-0.39, 0.29) is 76.8 Å². The van der Waals surface area contributed by atoms with Crippen molar-refractivity contribution in [2.24, 2.45) is 5.41 Å². The summed E-state index contributed by atoms with van der Waals surface area (Å²) in [6.45, 7) is 1.93. The van der Waals surface area contributed by atoms with Crippen LogP contribution in [0.25, 0.3) is 16.9 Å². The third kappa shape index (κ3) is 7.66. The second kappa shape index (κ2) is 14.4. The number of carboxylic acid groups (broad SMARTS) is 1. The van der Waals surface area contributed by atoms with E-state index in [1.165, 1.54) is 46.0 Å². The predicted molar refractivity (Wildman–Crippen MR) is 173 cm³/mol. The largest absolute Gasteiger partial charge is 0.481 e. The molecule has 260 valence electrons. The molecule has 2 fully saturated rings. The molecular formula is C32H35ClF2N8O6. The molecular weight excluding hydrogens is 666 g/mol. The first-order valence-corrected chi connectivity index (χ1v) is 16.1. The van der Waals surface area contributed by atoms with Crippen molar-refractivity contribution in [3.05, 3.63) is 59.6 Å². The molecule has 2 N–H and O–H groups in total. The van der Waals surface area contributed by atoms with Crippen molar-refractivity contribution in [3.8, 4) is 17.0 Å². The van der Waals surface area contributed by atoms with Gasteiger partial charge in [0, 0.05) is 61.4 Å². The van der Waals surface area contributed by atoms with Gasteiger partial charge in [-0.25, -0.2) is 9.50 Å². The van der Waals surface area contributed by atoms with Crippen LogP contribution in [0, 0.1) is 5.41 Å². The first-order chi connectivity index (χ1) is 23.5. The van der Waals surface area contributed by atoms with Crippen LogP contribution in [0.15, 0.2) is 49.1 Å². The summed E-state index contributed by atoms with van der Waals surface area (Å²) in [5, 5.41) is 21.6. The number of benzene rings is 1. The van der Waals surface area contributed by atoms with E-state index in [0.29, 0.717) is 26.2 Å². The van der Waals surface area contributed by atoms with E-state index in [9.17, 15) is 28.3 Å². The van der Waals surface area contributed by atoms with E-state index in [1.807, 2.05) is 0 Å². The normalized spacial score (nSPS) is 20.1. The Bertz CT molecular complexity index is 1850. The van der Waals surface area contributed by atoms with E-state index in [4.69, 9.17) is 21.1 Å². The molecule has 6 rings (SSSR count). The van der Waals surface area contributed by atoms with Crippen LogP contribution in [0.3, 0.4) is 0 Å². The van der Waals surface area contributed by atoms with Crippen molar-refractivity contribution in [1.29, 1.82) is 0 Å². The molecule has 14 nitrogen and oxygen atoms in total. The van der Waals surface area contributed by atoms with Gasteiger partial charge in [-0.15, -0.1) is 0 Å². The molecule has 0 aliphatic carbocycles. The van der Waals surface area contributed by atoms with Crippen molar-refractivity contribution >= 4 is 40.7 Å². The maximum atomic E-state index is 13.9. The lowest BCUT2D eigenvalue weighted by Crippen LogP contribution is -2.53. The molecule has 49 heavy (non-hydrogen) atoms. The molecule has 0 bridgehead atoms. The van der Waals surface area contributed by atoms with E-state index in [0.717, 1.165) is 13.1 Å². The van der Waals surface area contributed by atoms with Crippen molar-refractivity contribution in [2.45, 2.75) is 45.4 Å². The van der Waals surface area contributed by atoms with Gasteiger partial charge in [-0.05, 0) is 50.5 Å². The Balaban J connectivity index is 1.30. The zero-order valence-electron chi connectivity index (χ0n) is 26.6. The highest BCUT2D eigenvalue weighted by Crippen LogP contribution is 2.38. The summed E-state index contributed by atoms with van der Waals surface area (Å²) in [4.78, 5) is 47.7. The number of aliphatic carboxylic acids is 1. The van der Waals surface area contributed by atoms with Gasteiger partial charge in [0.2, 0.25) is 5.91 Å². The second-order valence-electron chi connectivity index (χ2n) is 12.3. The number of carboxylic acids is 1. The molecule has 5 heterocycles. The number of piperidine rings is 1. The number of carbonyl (C=O) groups is 3. The first kappa shape index (κ1) is 34.2. The van der Waals surface area contributed by atoms with E-state index in [2.05, 4.69) is 25.4 Å². The van der Waals surface area contributed by atoms with Gasteiger partial charge in [0.1, 0.15) is 23.6 Å². The molecule has 2 saturated heterocycles. The standard InChI is InChI=1S/C32H35ClF2N8O6/c1-32(30(46)47)6-10-42(21(16-32)5-9-40-11-13-48-14-12-40)26(44)19-41-18-24(38-29(45)23-17-37-43-8-2-7-36-28(23)43)27(39-41)22-15-20(33)3-4-25(22)49-31(34)35/h2-4,7-8,15,17-18,21,31H,5-6,9-14,16,19H2,1H3,(H,38,45)(H,46,47). The Morgan fingerprint density at radius 3 is 2.78 bits per heavy atom. The molecule has 2 amide bonds. The van der Waals surface area contributed by atoms with Crippen molar-refractivity contribution < 1.29 is 37.7 Å². The molecule has 2 atom stereocenters. The van der Waals surface area contributed by atoms with Crippen LogP contribution in [0.2, 0.25) is 5.02 Å². The maximum Gasteiger partial charge on any atom is 0.387 e. The summed E-state index contributed by atoms with van der Waals surface area (Å²) in [6.07, 6.45) is 7.04. The number of ether oxygens (including phenoxy) is 2. The molecule has 0 spiro atoms. The minimum Gasteiger partial charge on any atom is -0.481 e. The minimum absolute atomic E-state index is 0.0321. The lowest BCUT2D eigenvalue weighted by Gasteiger charge is -2.43. The van der Waals surface area contributed by atoms with Crippen LogP contribution < -0.4 is 10.1 Å². The predicted octanol–water partition coefficient (Wildman–Crippen LogP) is 3.90. The number of alkyl halides is 2. The van der Waals surface area contributed by atoms with Gasteiger partial charge in [-0.3, -0.25) is 24.0 Å². The summed E-state index contributed by atoms with van der Waals surface area (Å²) in [5.74, 6) is -2.06. The molecule has 3 aromatic heterocycles. The fourth-order valence-electron chi connectivity index (χ4n) is 6.30. The third-order valence-corrected chi connectivity index (χ3v) is 9.23. The van der Waals surface area contributed by atoms with Crippen LogP contribution in [-0.4, -0.2) is 109 Å². The number of likely N-dealkylation sites (tertiary alicyclic amines) is 1. The van der Waals surface area contributed by atoms with Crippen LogP contribution in [0.5, 0.6) is 5.75 Å². The van der Waals surface area contributed by atoms with Crippen LogP contribution in [0.4, 0.5) is 14.5 Å². The zero-order chi connectivity index (χ0) is 34.7. The summed E-state index contributed by atoms with van der Waals surface area (Å²) < 4.78 is 39.7. The van der Waals surface area contributed by atoms with E-state index in [1.54, 1.807) is 24.1 Å². The Morgan fingerprint density at radius 1 is 1.22 bits per heavy atom. The molecule has 2 unspecified atom stereocenters. The number of halogens is 3. The average molecular weight is 701 g/mol. The Hall–Kier alpha value is -4.67. The molecule has 17 heteroatoms. The quantitative estimate of drug-likeness (QED) is 0.235. The first-order valence-electron chi connectivity index (χ1n) is 15.8. The van der Waals surface area contributed by atoms with Gasteiger partial charge in [-0.1, -0.05) is 11.6 Å². The van der Waals surface area contributed by atoms with Crippen molar-refractivity contribution in [3.63, 3.8) is 0 Å². The smallest absolute Gasteiger partial charge is 0.387 e. The van der Waals surface area contributed by atoms with Gasteiger partial charge >= 0.3 is 12.6 Å².